The van der Waals surface area contributed by atoms with Crippen LogP contribution in [-0.2, 0) is 18.9 Å². The van der Waals surface area contributed by atoms with E-state index >= 15 is 0 Å². The third kappa shape index (κ3) is 2.20. The molecule has 1 aromatic rings. The number of carbonyl (C=O) groups is 2. The Morgan fingerprint density at radius 2 is 1.28 bits per heavy atom. The second-order valence-corrected chi connectivity index (χ2v) is 3.56. The van der Waals surface area contributed by atoms with E-state index in [1.54, 1.807) is 12.1 Å². The first-order valence-electron chi connectivity index (χ1n) is 5.24. The molecule has 0 spiro atoms. The average molecular weight is 252 g/mol. The van der Waals surface area contributed by atoms with Crippen molar-refractivity contribution in [1.82, 2.24) is 0 Å². The Bertz CT molecular complexity index is 426. The van der Waals surface area contributed by atoms with Crippen LogP contribution >= 0.6 is 0 Å². The lowest BCUT2D eigenvalue weighted by molar-refractivity contribution is -0.233. The Labute approximate surface area is 103 Å². The molecule has 1 aliphatic heterocycles. The van der Waals surface area contributed by atoms with E-state index in [9.17, 15) is 9.59 Å². The van der Waals surface area contributed by atoms with E-state index in [2.05, 4.69) is 0 Å². The van der Waals surface area contributed by atoms with E-state index in [4.69, 9.17) is 18.9 Å². The van der Waals surface area contributed by atoms with Crippen molar-refractivity contribution in [2.45, 2.75) is 12.6 Å². The maximum atomic E-state index is 11.9. The largest absolute Gasteiger partial charge is 0.425 e. The highest BCUT2D eigenvalue weighted by atomic mass is 16.8. The Morgan fingerprint density at radius 1 is 0.889 bits per heavy atom. The number of rotatable bonds is 2. The number of fused-ring (bicyclic) bond motifs is 1. The third-order valence-corrected chi connectivity index (χ3v) is 2.50. The molecule has 2 unspecified atom stereocenters. The summed E-state index contributed by atoms with van der Waals surface area (Å²) in [7, 11) is 2.65. The normalized spacial score (nSPS) is 23.4. The summed E-state index contributed by atoms with van der Waals surface area (Å²) in [4.78, 5) is 23.7. The molecule has 1 aliphatic rings. The summed E-state index contributed by atoms with van der Waals surface area (Å²) in [6.07, 6.45) is -2.19. The van der Waals surface area contributed by atoms with Crippen LogP contribution in [0.25, 0.3) is 0 Å². The van der Waals surface area contributed by atoms with Crippen LogP contribution in [0, 0.1) is 0 Å². The van der Waals surface area contributed by atoms with Crippen LogP contribution in [0.5, 0.6) is 0 Å². The zero-order valence-corrected chi connectivity index (χ0v) is 9.91. The fourth-order valence-corrected chi connectivity index (χ4v) is 1.61. The lowest BCUT2D eigenvalue weighted by Crippen LogP contribution is -2.40. The molecule has 1 heterocycles. The van der Waals surface area contributed by atoms with E-state index in [1.807, 2.05) is 0 Å². The van der Waals surface area contributed by atoms with Gasteiger partial charge in [0.15, 0.2) is 0 Å². The van der Waals surface area contributed by atoms with Crippen LogP contribution in [0.2, 0.25) is 0 Å². The highest BCUT2D eigenvalue weighted by Crippen LogP contribution is 2.20. The molecule has 96 valence electrons. The molecule has 0 fully saturated rings. The molecule has 6 heteroatoms. The van der Waals surface area contributed by atoms with Crippen LogP contribution in [0.1, 0.15) is 20.7 Å². The van der Waals surface area contributed by atoms with Gasteiger partial charge in [-0.3, -0.25) is 0 Å². The molecule has 0 bridgehead atoms. The minimum absolute atomic E-state index is 0.138. The van der Waals surface area contributed by atoms with Crippen molar-refractivity contribution in [2.24, 2.45) is 0 Å². The van der Waals surface area contributed by atoms with Crippen molar-refractivity contribution in [2.75, 3.05) is 14.2 Å². The van der Waals surface area contributed by atoms with Gasteiger partial charge in [-0.1, -0.05) is 12.1 Å². The topological polar surface area (TPSA) is 71.1 Å². The van der Waals surface area contributed by atoms with Crippen LogP contribution < -0.4 is 0 Å². The molecule has 0 saturated heterocycles. The van der Waals surface area contributed by atoms with Gasteiger partial charge in [0, 0.05) is 14.2 Å². The van der Waals surface area contributed by atoms with Crippen molar-refractivity contribution in [1.29, 1.82) is 0 Å². The summed E-state index contributed by atoms with van der Waals surface area (Å²) in [5.74, 6) is -1.31. The van der Waals surface area contributed by atoms with Gasteiger partial charge in [-0.05, 0) is 12.1 Å². The van der Waals surface area contributed by atoms with Gasteiger partial charge in [-0.2, -0.15) is 0 Å². The molecule has 0 radical (unpaired) electrons. The fraction of sp³-hybridized carbons (Fsp3) is 0.333. The molecule has 0 aromatic heterocycles. The van der Waals surface area contributed by atoms with Crippen molar-refractivity contribution >= 4 is 11.9 Å². The average Bonchev–Trinajstić information content (AvgIpc) is 2.40. The summed E-state index contributed by atoms with van der Waals surface area (Å²) in [5.41, 5.74) is 0.276. The molecule has 6 nitrogen and oxygen atoms in total. The van der Waals surface area contributed by atoms with Crippen molar-refractivity contribution in [3.63, 3.8) is 0 Å². The number of esters is 2. The zero-order valence-electron chi connectivity index (χ0n) is 9.91. The lowest BCUT2D eigenvalue weighted by atomic mass is 10.1. The monoisotopic (exact) mass is 252 g/mol. The summed E-state index contributed by atoms with van der Waals surface area (Å²) in [6, 6.07) is 6.23. The Kier molecular flexibility index (Phi) is 3.59. The number of benzene rings is 1. The Hall–Kier alpha value is -1.92. The molecular weight excluding hydrogens is 240 g/mol. The van der Waals surface area contributed by atoms with Crippen molar-refractivity contribution < 1.29 is 28.5 Å². The minimum atomic E-state index is -1.10. The minimum Gasteiger partial charge on any atom is -0.425 e. The molecule has 2 atom stereocenters. The predicted molar refractivity (Wildman–Crippen MR) is 58.9 cm³/mol. The maximum absolute atomic E-state index is 11.9. The van der Waals surface area contributed by atoms with Crippen LogP contribution in [0.15, 0.2) is 24.3 Å². The number of hydrogen-bond acceptors (Lipinski definition) is 6. The maximum Gasteiger partial charge on any atom is 0.341 e. The second-order valence-electron chi connectivity index (χ2n) is 3.56. The molecule has 1 aromatic carbocycles. The molecule has 0 amide bonds. The first kappa shape index (κ1) is 12.5. The number of ether oxygens (including phenoxy) is 4. The van der Waals surface area contributed by atoms with E-state index in [0.29, 0.717) is 0 Å². The first-order valence-corrected chi connectivity index (χ1v) is 5.24. The summed E-state index contributed by atoms with van der Waals surface area (Å²) < 4.78 is 19.9. The van der Waals surface area contributed by atoms with Gasteiger partial charge >= 0.3 is 11.9 Å². The Balaban J connectivity index is 2.42. The smallest absolute Gasteiger partial charge is 0.341 e. The summed E-state index contributed by atoms with van der Waals surface area (Å²) in [5, 5.41) is 0. The van der Waals surface area contributed by atoms with Crippen molar-refractivity contribution in [3.8, 4) is 0 Å². The molecule has 0 aliphatic carbocycles. The van der Waals surface area contributed by atoms with E-state index in [0.717, 1.165) is 0 Å². The standard InChI is InChI=1S/C12H12O6/c1-15-11-12(16-2)18-10(14)8-6-4-3-5-7(8)9(13)17-11/h3-6,11-12H,1-2H3. The molecular formula is C12H12O6. The van der Waals surface area contributed by atoms with E-state index in [1.165, 1.54) is 26.4 Å². The van der Waals surface area contributed by atoms with Crippen LogP contribution in [0.4, 0.5) is 0 Å². The Morgan fingerprint density at radius 3 is 1.61 bits per heavy atom. The second kappa shape index (κ2) is 5.16. The quantitative estimate of drug-likeness (QED) is 0.730. The van der Waals surface area contributed by atoms with Gasteiger partial charge in [0.25, 0.3) is 12.6 Å². The van der Waals surface area contributed by atoms with Gasteiger partial charge in [0.05, 0.1) is 11.1 Å². The lowest BCUT2D eigenvalue weighted by Gasteiger charge is -2.26. The summed E-state index contributed by atoms with van der Waals surface area (Å²) >= 11 is 0. The number of cyclic esters (lactones) is 2. The number of methoxy groups -OCH3 is 2. The number of hydrogen-bond donors (Lipinski definition) is 0. The molecule has 18 heavy (non-hydrogen) atoms. The van der Waals surface area contributed by atoms with Crippen molar-refractivity contribution in [3.05, 3.63) is 35.4 Å². The predicted octanol–water partition coefficient (Wildman–Crippen LogP) is 0.959. The third-order valence-electron chi connectivity index (χ3n) is 2.50. The number of carbonyl (C=O) groups excluding carboxylic acids is 2. The van der Waals surface area contributed by atoms with Crippen LogP contribution in [-0.4, -0.2) is 38.7 Å². The highest BCUT2D eigenvalue weighted by molar-refractivity contribution is 6.03. The van der Waals surface area contributed by atoms with E-state index < -0.39 is 24.5 Å². The summed E-state index contributed by atoms with van der Waals surface area (Å²) in [6.45, 7) is 0. The van der Waals surface area contributed by atoms with Gasteiger partial charge in [-0.25, -0.2) is 9.59 Å². The van der Waals surface area contributed by atoms with Crippen LogP contribution in [0.3, 0.4) is 0 Å². The van der Waals surface area contributed by atoms with Gasteiger partial charge < -0.3 is 18.9 Å². The molecule has 0 saturated carbocycles. The van der Waals surface area contributed by atoms with E-state index in [-0.39, 0.29) is 11.1 Å². The molecule has 0 N–H and O–H groups in total. The first-order chi connectivity index (χ1) is 8.67. The SMILES string of the molecule is COC1OC(=O)c2ccccc2C(=O)OC1OC. The highest BCUT2D eigenvalue weighted by Gasteiger charge is 2.34. The van der Waals surface area contributed by atoms with Gasteiger partial charge in [0.2, 0.25) is 0 Å². The fourth-order valence-electron chi connectivity index (χ4n) is 1.61. The molecule has 2 rings (SSSR count). The van der Waals surface area contributed by atoms with Gasteiger partial charge in [-0.15, -0.1) is 0 Å². The van der Waals surface area contributed by atoms with Gasteiger partial charge in [0.1, 0.15) is 0 Å². The zero-order chi connectivity index (χ0) is 13.1.